The van der Waals surface area contributed by atoms with Gasteiger partial charge in [0, 0.05) is 20.9 Å². The smallest absolute Gasteiger partial charge is 0.337 e. The highest BCUT2D eigenvalue weighted by Crippen LogP contribution is 2.41. The number of dihydropyridines is 1. The zero-order valence-electron chi connectivity index (χ0n) is 20.3. The van der Waals surface area contributed by atoms with Crippen LogP contribution in [-0.4, -0.2) is 17.6 Å². The summed E-state index contributed by atoms with van der Waals surface area (Å²) in [6, 6.07) is 25.9. The van der Waals surface area contributed by atoms with Gasteiger partial charge in [-0.25, -0.2) is 4.79 Å². The normalized spacial score (nSPS) is 14.9. The Hall–Kier alpha value is -3.51. The van der Waals surface area contributed by atoms with E-state index in [4.69, 9.17) is 16.3 Å². The maximum Gasteiger partial charge on any atom is 0.337 e. The molecular formula is C29H23BrClN3O3S. The Bertz CT molecular complexity index is 1430. The van der Waals surface area contributed by atoms with Gasteiger partial charge in [-0.3, -0.25) is 4.79 Å². The fourth-order valence-corrected chi connectivity index (χ4v) is 5.24. The molecule has 1 atom stereocenters. The number of thioether (sulfide) groups is 1. The number of nitrogens with one attached hydrogen (secondary N) is 2. The fraction of sp³-hybridized carbons (Fsp3) is 0.138. The van der Waals surface area contributed by atoms with E-state index in [1.54, 1.807) is 43.3 Å². The lowest BCUT2D eigenvalue weighted by atomic mass is 9.82. The molecule has 1 aliphatic heterocycles. The summed E-state index contributed by atoms with van der Waals surface area (Å²) in [6.07, 6.45) is 0. The van der Waals surface area contributed by atoms with Crippen molar-refractivity contribution in [1.29, 1.82) is 5.26 Å². The van der Waals surface area contributed by atoms with Gasteiger partial charge in [-0.1, -0.05) is 81.8 Å². The van der Waals surface area contributed by atoms with Crippen LogP contribution in [0.25, 0.3) is 0 Å². The van der Waals surface area contributed by atoms with E-state index in [2.05, 4.69) is 32.6 Å². The predicted octanol–water partition coefficient (Wildman–Crippen LogP) is 6.91. The first-order valence-electron chi connectivity index (χ1n) is 11.6. The molecule has 192 valence electrons. The van der Waals surface area contributed by atoms with E-state index in [1.807, 2.05) is 42.5 Å². The van der Waals surface area contributed by atoms with E-state index in [9.17, 15) is 14.9 Å². The average molecular weight is 609 g/mol. The first-order chi connectivity index (χ1) is 18.4. The highest BCUT2D eigenvalue weighted by atomic mass is 79.9. The average Bonchev–Trinajstić information content (AvgIpc) is 2.92. The van der Waals surface area contributed by atoms with Crippen molar-refractivity contribution in [2.24, 2.45) is 0 Å². The van der Waals surface area contributed by atoms with Gasteiger partial charge in [0.1, 0.15) is 6.61 Å². The molecule has 0 aromatic heterocycles. The summed E-state index contributed by atoms with van der Waals surface area (Å²) in [7, 11) is 0. The van der Waals surface area contributed by atoms with Gasteiger partial charge in [0.05, 0.1) is 33.9 Å². The van der Waals surface area contributed by atoms with Crippen LogP contribution in [0.1, 0.15) is 24.0 Å². The third-order valence-corrected chi connectivity index (χ3v) is 7.56. The molecule has 2 N–H and O–H groups in total. The number of halogens is 2. The number of nitriles is 1. The number of esters is 1. The number of anilines is 1. The molecule has 38 heavy (non-hydrogen) atoms. The van der Waals surface area contributed by atoms with Crippen molar-refractivity contribution < 1.29 is 14.3 Å². The number of benzene rings is 3. The van der Waals surface area contributed by atoms with Crippen molar-refractivity contribution in [3.8, 4) is 6.07 Å². The van der Waals surface area contributed by atoms with E-state index in [-0.39, 0.29) is 18.3 Å². The number of rotatable bonds is 8. The summed E-state index contributed by atoms with van der Waals surface area (Å²) < 4.78 is 6.56. The molecule has 1 heterocycles. The summed E-state index contributed by atoms with van der Waals surface area (Å²) in [5, 5.41) is 17.3. The Morgan fingerprint density at radius 3 is 2.42 bits per heavy atom. The van der Waals surface area contributed by atoms with Crippen molar-refractivity contribution in [3.05, 3.63) is 121 Å². The molecule has 1 amide bonds. The van der Waals surface area contributed by atoms with Crippen LogP contribution in [0, 0.1) is 11.3 Å². The van der Waals surface area contributed by atoms with Gasteiger partial charge in [-0.05, 0) is 54.4 Å². The molecule has 0 bridgehead atoms. The SMILES string of the molecule is CC1=C(C(=O)OCc2ccccc2)C(c2ccc(Cl)cc2)C(C#N)=C(SCC(=O)Nc2ccc(Br)cc2)N1. The maximum atomic E-state index is 13.3. The van der Waals surface area contributed by atoms with Gasteiger partial charge in [0.25, 0.3) is 0 Å². The van der Waals surface area contributed by atoms with E-state index >= 15 is 0 Å². The number of carbonyl (C=O) groups excluding carboxylic acids is 2. The topological polar surface area (TPSA) is 91.2 Å². The monoisotopic (exact) mass is 607 g/mol. The van der Waals surface area contributed by atoms with Crippen molar-refractivity contribution in [3.63, 3.8) is 0 Å². The number of carbonyl (C=O) groups is 2. The minimum Gasteiger partial charge on any atom is -0.457 e. The van der Waals surface area contributed by atoms with Crippen molar-refractivity contribution in [1.82, 2.24) is 5.32 Å². The van der Waals surface area contributed by atoms with Gasteiger partial charge in [0.15, 0.2) is 0 Å². The van der Waals surface area contributed by atoms with Crippen LogP contribution in [0.15, 0.2) is 105 Å². The minimum atomic E-state index is -0.682. The first-order valence-corrected chi connectivity index (χ1v) is 13.8. The number of ether oxygens (including phenoxy) is 1. The third kappa shape index (κ3) is 6.87. The second-order valence-corrected chi connectivity index (χ2v) is 10.7. The second-order valence-electron chi connectivity index (χ2n) is 8.41. The van der Waals surface area contributed by atoms with E-state index in [1.165, 1.54) is 11.8 Å². The Kier molecular flexibility index (Phi) is 9.29. The molecular weight excluding hydrogens is 586 g/mol. The molecule has 0 aliphatic carbocycles. The number of hydrogen-bond acceptors (Lipinski definition) is 6. The number of allylic oxidation sites excluding steroid dienone is 2. The third-order valence-electron chi connectivity index (χ3n) is 5.76. The fourth-order valence-electron chi connectivity index (χ4n) is 3.95. The highest BCUT2D eigenvalue weighted by Gasteiger charge is 2.35. The van der Waals surface area contributed by atoms with Crippen molar-refractivity contribution >= 4 is 56.9 Å². The van der Waals surface area contributed by atoms with Gasteiger partial charge in [0.2, 0.25) is 5.91 Å². The van der Waals surface area contributed by atoms with Gasteiger partial charge in [-0.2, -0.15) is 5.26 Å². The molecule has 3 aromatic rings. The van der Waals surface area contributed by atoms with Crippen molar-refractivity contribution in [2.75, 3.05) is 11.1 Å². The Morgan fingerprint density at radius 2 is 1.76 bits per heavy atom. The zero-order chi connectivity index (χ0) is 27.1. The molecule has 3 aromatic carbocycles. The van der Waals surface area contributed by atoms with E-state index < -0.39 is 11.9 Å². The van der Waals surface area contributed by atoms with Crippen LogP contribution in [-0.2, 0) is 20.9 Å². The van der Waals surface area contributed by atoms with Gasteiger partial charge in [-0.15, -0.1) is 0 Å². The Balaban J connectivity index is 1.58. The van der Waals surface area contributed by atoms with Crippen LogP contribution in [0.4, 0.5) is 5.69 Å². The summed E-state index contributed by atoms with van der Waals surface area (Å²) in [4.78, 5) is 26.0. The van der Waals surface area contributed by atoms with Crippen molar-refractivity contribution in [2.45, 2.75) is 19.4 Å². The number of nitrogens with zero attached hydrogens (tertiary/aromatic N) is 1. The predicted molar refractivity (Wildman–Crippen MR) is 154 cm³/mol. The molecule has 0 saturated carbocycles. The molecule has 1 aliphatic rings. The van der Waals surface area contributed by atoms with Gasteiger partial charge >= 0.3 is 5.97 Å². The van der Waals surface area contributed by atoms with Crippen LogP contribution >= 0.6 is 39.3 Å². The molecule has 6 nitrogen and oxygen atoms in total. The summed E-state index contributed by atoms with van der Waals surface area (Å²) >= 11 is 10.7. The second kappa shape index (κ2) is 12.8. The highest BCUT2D eigenvalue weighted by molar-refractivity contribution is 9.10. The number of hydrogen-bond donors (Lipinski definition) is 2. The lowest BCUT2D eigenvalue weighted by molar-refractivity contribution is -0.140. The van der Waals surface area contributed by atoms with Gasteiger partial charge < -0.3 is 15.4 Å². The van der Waals surface area contributed by atoms with Crippen LogP contribution in [0.5, 0.6) is 0 Å². The molecule has 4 rings (SSSR count). The van der Waals surface area contributed by atoms with Crippen LogP contribution in [0.3, 0.4) is 0 Å². The Morgan fingerprint density at radius 1 is 1.08 bits per heavy atom. The van der Waals surface area contributed by atoms with E-state index in [0.717, 1.165) is 15.6 Å². The standard InChI is InChI=1S/C29H23BrClN3O3S/c1-18-26(29(36)37-16-19-5-3-2-4-6-19)27(20-7-11-22(31)12-8-20)24(15-32)28(33-18)38-17-25(35)34-23-13-9-21(30)10-14-23/h2-14,27,33H,16-17H2,1H3,(H,34,35). The molecule has 1 unspecified atom stereocenters. The summed E-state index contributed by atoms with van der Waals surface area (Å²) in [6.45, 7) is 1.87. The molecule has 0 fully saturated rings. The van der Waals surface area contributed by atoms with E-state index in [0.29, 0.717) is 32.6 Å². The first kappa shape index (κ1) is 27.5. The molecule has 0 saturated heterocycles. The Labute approximate surface area is 238 Å². The largest absolute Gasteiger partial charge is 0.457 e. The lowest BCUT2D eigenvalue weighted by Gasteiger charge is -2.29. The number of amides is 1. The summed E-state index contributed by atoms with van der Waals surface area (Å²) in [5.74, 6) is -1.36. The quantitative estimate of drug-likeness (QED) is 0.270. The summed E-state index contributed by atoms with van der Waals surface area (Å²) in [5.41, 5.74) is 3.46. The van der Waals surface area contributed by atoms with Crippen LogP contribution in [0.2, 0.25) is 5.02 Å². The minimum absolute atomic E-state index is 0.0674. The van der Waals surface area contributed by atoms with Crippen LogP contribution < -0.4 is 10.6 Å². The molecule has 0 spiro atoms. The molecule has 0 radical (unpaired) electrons. The zero-order valence-corrected chi connectivity index (χ0v) is 23.5. The maximum absolute atomic E-state index is 13.3. The lowest BCUT2D eigenvalue weighted by Crippen LogP contribution is -2.29. The molecule has 9 heteroatoms.